The van der Waals surface area contributed by atoms with Crippen LogP contribution in [0.2, 0.25) is 0 Å². The zero-order valence-corrected chi connectivity index (χ0v) is 21.0. The third-order valence-corrected chi connectivity index (χ3v) is 9.18. The summed E-state index contributed by atoms with van der Waals surface area (Å²) in [5, 5.41) is 0. The van der Waals surface area contributed by atoms with Crippen molar-refractivity contribution in [1.82, 2.24) is 8.87 Å². The van der Waals surface area contributed by atoms with Gasteiger partial charge in [0.05, 0.1) is 27.1 Å². The van der Waals surface area contributed by atoms with Crippen LogP contribution in [0.25, 0.3) is 0 Å². The van der Waals surface area contributed by atoms with Crippen LogP contribution in [0, 0.1) is 19.7 Å². The van der Waals surface area contributed by atoms with Crippen molar-refractivity contribution < 1.29 is 17.6 Å². The van der Waals surface area contributed by atoms with Crippen molar-refractivity contribution in [3.63, 3.8) is 0 Å². The molecule has 0 radical (unpaired) electrons. The van der Waals surface area contributed by atoms with Crippen LogP contribution in [-0.4, -0.2) is 30.1 Å². The largest absolute Gasteiger partial charge is 0.332 e. The lowest BCUT2D eigenvalue weighted by Crippen LogP contribution is -2.33. The number of benzene rings is 2. The van der Waals surface area contributed by atoms with Gasteiger partial charge in [-0.05, 0) is 81.1 Å². The first-order valence-corrected chi connectivity index (χ1v) is 12.5. The summed E-state index contributed by atoms with van der Waals surface area (Å²) in [6.45, 7) is 3.89. The zero-order valence-electron chi connectivity index (χ0n) is 17.0. The number of carbonyl (C=O) groups is 1. The van der Waals surface area contributed by atoms with Crippen LogP contribution in [0.15, 0.2) is 62.5 Å². The molecule has 164 valence electrons. The van der Waals surface area contributed by atoms with Crippen LogP contribution >= 0.6 is 31.9 Å². The molecule has 31 heavy (non-hydrogen) atoms. The molecule has 1 heterocycles. The van der Waals surface area contributed by atoms with Crippen molar-refractivity contribution in [3.05, 3.63) is 85.8 Å². The Kier molecular flexibility index (Phi) is 7.51. The summed E-state index contributed by atoms with van der Waals surface area (Å²) >= 11 is 7.10. The smallest absolute Gasteiger partial charge is 0.243 e. The second kappa shape index (κ2) is 9.77. The van der Waals surface area contributed by atoms with E-state index in [0.717, 1.165) is 35.8 Å². The second-order valence-electron chi connectivity index (χ2n) is 7.17. The molecule has 0 aliphatic rings. The molecule has 2 aromatic carbocycles. The van der Waals surface area contributed by atoms with E-state index in [1.807, 2.05) is 18.4 Å². The number of rotatable bonds is 8. The molecule has 0 amide bonds. The van der Waals surface area contributed by atoms with Gasteiger partial charge in [-0.1, -0.05) is 29.8 Å². The predicted octanol–water partition coefficient (Wildman–Crippen LogP) is 5.21. The van der Waals surface area contributed by atoms with Gasteiger partial charge < -0.3 is 9.36 Å². The fourth-order valence-electron chi connectivity index (χ4n) is 3.22. The van der Waals surface area contributed by atoms with Crippen LogP contribution in [0.3, 0.4) is 0 Å². The molecule has 5 nitrogen and oxygen atoms in total. The average molecular weight is 572 g/mol. The molecule has 0 aliphatic heterocycles. The SMILES string of the molecule is Cc1ccc(S(=O)(=O)N(CC=O)Cc2c(C)c(Br)c(Br)n2Cc2ccc(F)cc2)cc1. The summed E-state index contributed by atoms with van der Waals surface area (Å²) in [5.74, 6) is -0.325. The van der Waals surface area contributed by atoms with Crippen LogP contribution in [0.5, 0.6) is 0 Å². The van der Waals surface area contributed by atoms with E-state index >= 15 is 0 Å². The number of hydrogen-bond donors (Lipinski definition) is 0. The van der Waals surface area contributed by atoms with Gasteiger partial charge in [0.15, 0.2) is 0 Å². The number of halogens is 3. The maximum atomic E-state index is 13.3. The molecule has 0 atom stereocenters. The molecule has 0 saturated heterocycles. The highest BCUT2D eigenvalue weighted by Crippen LogP contribution is 2.34. The summed E-state index contributed by atoms with van der Waals surface area (Å²) in [6, 6.07) is 12.7. The van der Waals surface area contributed by atoms with Gasteiger partial charge in [-0.2, -0.15) is 4.31 Å². The van der Waals surface area contributed by atoms with E-state index in [1.54, 1.807) is 36.4 Å². The topological polar surface area (TPSA) is 59.4 Å². The van der Waals surface area contributed by atoms with E-state index in [2.05, 4.69) is 31.9 Å². The minimum Gasteiger partial charge on any atom is -0.332 e. The molecule has 3 aromatic rings. The van der Waals surface area contributed by atoms with Crippen molar-refractivity contribution in [1.29, 1.82) is 0 Å². The maximum absolute atomic E-state index is 13.3. The van der Waals surface area contributed by atoms with Crippen molar-refractivity contribution in [2.45, 2.75) is 31.8 Å². The fraction of sp³-hybridized carbons (Fsp3) is 0.227. The average Bonchev–Trinajstić information content (AvgIpc) is 2.93. The highest BCUT2D eigenvalue weighted by atomic mass is 79.9. The first-order chi connectivity index (χ1) is 14.6. The van der Waals surface area contributed by atoms with Gasteiger partial charge in [-0.15, -0.1) is 0 Å². The van der Waals surface area contributed by atoms with Crippen molar-refractivity contribution in [2.75, 3.05) is 6.54 Å². The Balaban J connectivity index is 2.02. The minimum absolute atomic E-state index is 0.00613. The van der Waals surface area contributed by atoms with Gasteiger partial charge in [0.1, 0.15) is 12.1 Å². The van der Waals surface area contributed by atoms with E-state index in [-0.39, 0.29) is 23.8 Å². The number of aryl methyl sites for hydroxylation is 1. The number of aromatic nitrogens is 1. The Bertz CT molecular complexity index is 1190. The number of hydrogen-bond acceptors (Lipinski definition) is 3. The summed E-state index contributed by atoms with van der Waals surface area (Å²) in [5.41, 5.74) is 3.37. The van der Waals surface area contributed by atoms with Gasteiger partial charge in [0.2, 0.25) is 10.0 Å². The Morgan fingerprint density at radius 2 is 1.65 bits per heavy atom. The lowest BCUT2D eigenvalue weighted by molar-refractivity contribution is -0.108. The summed E-state index contributed by atoms with van der Waals surface area (Å²) in [6.07, 6.45) is 0.582. The first kappa shape index (κ1) is 23.8. The highest BCUT2D eigenvalue weighted by molar-refractivity contribution is 9.13. The number of carbonyl (C=O) groups excluding carboxylic acids is 1. The molecule has 0 unspecified atom stereocenters. The van der Waals surface area contributed by atoms with E-state index in [1.165, 1.54) is 12.1 Å². The van der Waals surface area contributed by atoms with Crippen LogP contribution in [0.4, 0.5) is 4.39 Å². The van der Waals surface area contributed by atoms with Gasteiger partial charge in [0, 0.05) is 12.2 Å². The van der Waals surface area contributed by atoms with Crippen LogP contribution in [0.1, 0.15) is 22.4 Å². The van der Waals surface area contributed by atoms with E-state index < -0.39 is 10.0 Å². The molecule has 0 spiro atoms. The molecule has 1 aromatic heterocycles. The lowest BCUT2D eigenvalue weighted by Gasteiger charge is -2.22. The lowest BCUT2D eigenvalue weighted by atomic mass is 10.2. The van der Waals surface area contributed by atoms with Gasteiger partial charge in [-0.3, -0.25) is 0 Å². The van der Waals surface area contributed by atoms with E-state index in [9.17, 15) is 17.6 Å². The Hall–Kier alpha value is -1.81. The summed E-state index contributed by atoms with van der Waals surface area (Å²) in [7, 11) is -3.89. The predicted molar refractivity (Wildman–Crippen MR) is 125 cm³/mol. The van der Waals surface area contributed by atoms with Gasteiger partial charge in [0.25, 0.3) is 0 Å². The molecule has 0 saturated carbocycles. The molecular weight excluding hydrogens is 551 g/mol. The Morgan fingerprint density at radius 1 is 1.03 bits per heavy atom. The summed E-state index contributed by atoms with van der Waals surface area (Å²) in [4.78, 5) is 11.5. The van der Waals surface area contributed by atoms with Crippen LogP contribution in [-0.2, 0) is 27.9 Å². The molecule has 3 rings (SSSR count). The molecule has 0 aliphatic carbocycles. The number of aldehydes is 1. The molecule has 9 heteroatoms. The van der Waals surface area contributed by atoms with E-state index in [0.29, 0.717) is 12.8 Å². The third kappa shape index (κ3) is 5.16. The van der Waals surface area contributed by atoms with Crippen molar-refractivity contribution >= 4 is 48.2 Å². The van der Waals surface area contributed by atoms with Crippen molar-refractivity contribution in [2.24, 2.45) is 0 Å². The number of sulfonamides is 1. The summed E-state index contributed by atoms with van der Waals surface area (Å²) < 4.78 is 44.4. The van der Waals surface area contributed by atoms with Gasteiger partial charge in [-0.25, -0.2) is 12.8 Å². The first-order valence-electron chi connectivity index (χ1n) is 9.43. The van der Waals surface area contributed by atoms with Crippen molar-refractivity contribution in [3.8, 4) is 0 Å². The minimum atomic E-state index is -3.89. The van der Waals surface area contributed by atoms with E-state index in [4.69, 9.17) is 0 Å². The quantitative estimate of drug-likeness (QED) is 0.349. The number of nitrogens with zero attached hydrogens (tertiary/aromatic N) is 2. The molecular formula is C22H21Br2FN2O3S. The maximum Gasteiger partial charge on any atom is 0.243 e. The second-order valence-corrected chi connectivity index (χ2v) is 10.6. The molecule has 0 fully saturated rings. The monoisotopic (exact) mass is 570 g/mol. The third-order valence-electron chi connectivity index (χ3n) is 5.02. The molecule has 0 bridgehead atoms. The standard InChI is InChI=1S/C22H21Br2FN2O3S/c1-15-3-9-19(10-4-15)31(29,30)26(11-12-28)14-20-16(2)21(23)22(24)27(20)13-17-5-7-18(25)8-6-17/h3-10,12H,11,13-14H2,1-2H3. The Labute approximate surface area is 198 Å². The highest BCUT2D eigenvalue weighted by Gasteiger charge is 2.28. The Morgan fingerprint density at radius 3 is 2.23 bits per heavy atom. The zero-order chi connectivity index (χ0) is 22.8. The van der Waals surface area contributed by atoms with Gasteiger partial charge >= 0.3 is 0 Å². The normalized spacial score (nSPS) is 11.8. The molecule has 0 N–H and O–H groups in total. The fourth-order valence-corrected chi connectivity index (χ4v) is 5.63. The van der Waals surface area contributed by atoms with Crippen LogP contribution < -0.4 is 0 Å².